The first-order valence-electron chi connectivity index (χ1n) is 7.36. The second kappa shape index (κ2) is 6.58. The lowest BCUT2D eigenvalue weighted by atomic mass is 10.2. The molecule has 116 valence electrons. The van der Waals surface area contributed by atoms with Crippen molar-refractivity contribution in [2.24, 2.45) is 0 Å². The van der Waals surface area contributed by atoms with E-state index in [0.717, 1.165) is 19.3 Å². The van der Waals surface area contributed by atoms with Crippen molar-refractivity contribution < 1.29 is 13.2 Å². The van der Waals surface area contributed by atoms with Crippen LogP contribution in [0.5, 0.6) is 0 Å². The van der Waals surface area contributed by atoms with E-state index in [1.165, 1.54) is 10.4 Å². The largest absolute Gasteiger partial charge is 0.350 e. The van der Waals surface area contributed by atoms with Gasteiger partial charge in [0, 0.05) is 24.7 Å². The predicted molar refractivity (Wildman–Crippen MR) is 81.7 cm³/mol. The Morgan fingerprint density at radius 3 is 2.62 bits per heavy atom. The van der Waals surface area contributed by atoms with Crippen molar-refractivity contribution in [3.8, 4) is 0 Å². The van der Waals surface area contributed by atoms with Crippen LogP contribution in [0.2, 0.25) is 0 Å². The maximum Gasteiger partial charge on any atom is 0.251 e. The van der Waals surface area contributed by atoms with Gasteiger partial charge in [-0.2, -0.15) is 4.31 Å². The third-order valence-corrected chi connectivity index (χ3v) is 5.68. The van der Waals surface area contributed by atoms with Crippen molar-refractivity contribution in [2.45, 2.75) is 44.0 Å². The third-order valence-electron chi connectivity index (χ3n) is 3.79. The first kappa shape index (κ1) is 16.0. The minimum absolute atomic E-state index is 0.0661. The molecule has 1 aromatic rings. The van der Waals surface area contributed by atoms with E-state index in [9.17, 15) is 13.2 Å². The molecule has 5 nitrogen and oxygen atoms in total. The molecule has 1 saturated heterocycles. The number of nitrogens with zero attached hydrogens (tertiary/aromatic N) is 1. The van der Waals surface area contributed by atoms with Gasteiger partial charge in [-0.1, -0.05) is 13.0 Å². The Hall–Kier alpha value is -1.40. The van der Waals surface area contributed by atoms with Crippen molar-refractivity contribution in [3.63, 3.8) is 0 Å². The maximum atomic E-state index is 12.5. The van der Waals surface area contributed by atoms with Crippen LogP contribution in [0.15, 0.2) is 29.2 Å². The highest BCUT2D eigenvalue weighted by atomic mass is 32.2. The number of amides is 1. The maximum absolute atomic E-state index is 12.5. The van der Waals surface area contributed by atoms with Gasteiger partial charge in [0.25, 0.3) is 5.91 Å². The topological polar surface area (TPSA) is 66.5 Å². The summed E-state index contributed by atoms with van der Waals surface area (Å²) in [5, 5.41) is 2.85. The molecule has 1 heterocycles. The molecule has 0 aromatic heterocycles. The van der Waals surface area contributed by atoms with Crippen LogP contribution in [-0.4, -0.2) is 37.8 Å². The fourth-order valence-electron chi connectivity index (χ4n) is 2.28. The standard InChI is InChI=1S/C15H22N2O3S/c1-3-12(2)16-15(18)13-7-6-8-14(11-13)21(19,20)17-9-4-5-10-17/h6-8,11-12H,3-5,9-10H2,1-2H3,(H,16,18). The number of sulfonamides is 1. The van der Waals surface area contributed by atoms with Gasteiger partial charge in [-0.05, 0) is 44.4 Å². The summed E-state index contributed by atoms with van der Waals surface area (Å²) in [6.45, 7) is 5.03. The van der Waals surface area contributed by atoms with Crippen LogP contribution in [0.1, 0.15) is 43.5 Å². The van der Waals surface area contributed by atoms with E-state index in [0.29, 0.717) is 18.7 Å². The Kier molecular flexibility index (Phi) is 5.00. The second-order valence-electron chi connectivity index (χ2n) is 5.42. The number of carbonyl (C=O) groups excluding carboxylic acids is 1. The Morgan fingerprint density at radius 2 is 2.00 bits per heavy atom. The van der Waals surface area contributed by atoms with E-state index in [2.05, 4.69) is 5.32 Å². The van der Waals surface area contributed by atoms with Crippen LogP contribution in [0, 0.1) is 0 Å². The highest BCUT2D eigenvalue weighted by Crippen LogP contribution is 2.21. The normalized spacial score (nSPS) is 17.6. The highest BCUT2D eigenvalue weighted by Gasteiger charge is 2.27. The molecule has 21 heavy (non-hydrogen) atoms. The molecule has 0 bridgehead atoms. The van der Waals surface area contributed by atoms with Crippen molar-refractivity contribution in [1.82, 2.24) is 9.62 Å². The van der Waals surface area contributed by atoms with Crippen LogP contribution in [0.3, 0.4) is 0 Å². The SMILES string of the molecule is CCC(C)NC(=O)c1cccc(S(=O)(=O)N2CCCC2)c1. The molecule has 1 aliphatic rings. The lowest BCUT2D eigenvalue weighted by Gasteiger charge is -2.16. The number of rotatable bonds is 5. The lowest BCUT2D eigenvalue weighted by Crippen LogP contribution is -2.32. The number of nitrogens with one attached hydrogen (secondary N) is 1. The zero-order chi connectivity index (χ0) is 15.5. The van der Waals surface area contributed by atoms with Gasteiger partial charge in [0.15, 0.2) is 0 Å². The number of hydrogen-bond acceptors (Lipinski definition) is 3. The van der Waals surface area contributed by atoms with Gasteiger partial charge in [-0.15, -0.1) is 0 Å². The first-order valence-corrected chi connectivity index (χ1v) is 8.80. The summed E-state index contributed by atoms with van der Waals surface area (Å²) in [7, 11) is -3.48. The van der Waals surface area contributed by atoms with E-state index in [-0.39, 0.29) is 16.8 Å². The van der Waals surface area contributed by atoms with E-state index in [1.54, 1.807) is 18.2 Å². The lowest BCUT2D eigenvalue weighted by molar-refractivity contribution is 0.0939. The summed E-state index contributed by atoms with van der Waals surface area (Å²) < 4.78 is 26.4. The highest BCUT2D eigenvalue weighted by molar-refractivity contribution is 7.89. The fraction of sp³-hybridized carbons (Fsp3) is 0.533. The molecule has 0 radical (unpaired) electrons. The molecule has 1 fully saturated rings. The van der Waals surface area contributed by atoms with Crippen LogP contribution in [0.4, 0.5) is 0 Å². The second-order valence-corrected chi connectivity index (χ2v) is 7.36. The minimum Gasteiger partial charge on any atom is -0.350 e. The molecule has 1 aliphatic heterocycles. The van der Waals surface area contributed by atoms with Gasteiger partial charge in [0.05, 0.1) is 4.90 Å². The average molecular weight is 310 g/mol. The molecule has 1 aromatic carbocycles. The van der Waals surface area contributed by atoms with Crippen molar-refractivity contribution in [2.75, 3.05) is 13.1 Å². The van der Waals surface area contributed by atoms with Crippen molar-refractivity contribution in [1.29, 1.82) is 0 Å². The Labute approximate surface area is 126 Å². The van der Waals surface area contributed by atoms with Gasteiger partial charge in [0.1, 0.15) is 0 Å². The molecular formula is C15H22N2O3S. The summed E-state index contributed by atoms with van der Waals surface area (Å²) in [5.41, 5.74) is 0.385. The van der Waals surface area contributed by atoms with Crippen molar-refractivity contribution >= 4 is 15.9 Å². The predicted octanol–water partition coefficient (Wildman–Crippen LogP) is 2.00. The molecule has 1 amide bonds. The molecule has 1 N–H and O–H groups in total. The first-order chi connectivity index (χ1) is 9.95. The van der Waals surface area contributed by atoms with Crippen LogP contribution < -0.4 is 5.32 Å². The fourth-order valence-corrected chi connectivity index (χ4v) is 3.85. The summed E-state index contributed by atoms with van der Waals surface area (Å²) in [6.07, 6.45) is 2.62. The summed E-state index contributed by atoms with van der Waals surface area (Å²) >= 11 is 0. The summed E-state index contributed by atoms with van der Waals surface area (Å²) in [4.78, 5) is 12.3. The van der Waals surface area contributed by atoms with Gasteiger partial charge in [-0.25, -0.2) is 8.42 Å². The molecule has 0 aliphatic carbocycles. The van der Waals surface area contributed by atoms with Crippen LogP contribution >= 0.6 is 0 Å². The van der Waals surface area contributed by atoms with Gasteiger partial charge >= 0.3 is 0 Å². The quantitative estimate of drug-likeness (QED) is 0.904. The number of hydrogen-bond donors (Lipinski definition) is 1. The van der Waals surface area contributed by atoms with E-state index in [1.807, 2.05) is 13.8 Å². The third kappa shape index (κ3) is 3.63. The summed E-state index contributed by atoms with van der Waals surface area (Å²) in [6, 6.07) is 6.34. The van der Waals surface area contributed by atoms with Gasteiger partial charge in [-0.3, -0.25) is 4.79 Å². The molecule has 1 unspecified atom stereocenters. The molecule has 0 saturated carbocycles. The zero-order valence-electron chi connectivity index (χ0n) is 12.5. The molecular weight excluding hydrogens is 288 g/mol. The molecule has 6 heteroatoms. The van der Waals surface area contributed by atoms with E-state index >= 15 is 0 Å². The Balaban J connectivity index is 2.23. The minimum atomic E-state index is -3.48. The van der Waals surface area contributed by atoms with E-state index in [4.69, 9.17) is 0 Å². The number of carbonyl (C=O) groups is 1. The monoisotopic (exact) mass is 310 g/mol. The van der Waals surface area contributed by atoms with Crippen LogP contribution in [-0.2, 0) is 10.0 Å². The molecule has 2 rings (SSSR count). The molecule has 1 atom stereocenters. The Bertz CT molecular complexity index is 607. The summed E-state index contributed by atoms with van der Waals surface area (Å²) in [5.74, 6) is -0.233. The zero-order valence-corrected chi connectivity index (χ0v) is 13.3. The van der Waals surface area contributed by atoms with E-state index < -0.39 is 10.0 Å². The van der Waals surface area contributed by atoms with Crippen molar-refractivity contribution in [3.05, 3.63) is 29.8 Å². The van der Waals surface area contributed by atoms with Crippen LogP contribution in [0.25, 0.3) is 0 Å². The molecule has 0 spiro atoms. The smallest absolute Gasteiger partial charge is 0.251 e. The number of benzene rings is 1. The van der Waals surface area contributed by atoms with Gasteiger partial charge < -0.3 is 5.32 Å². The van der Waals surface area contributed by atoms with Gasteiger partial charge in [0.2, 0.25) is 10.0 Å². The average Bonchev–Trinajstić information content (AvgIpc) is 3.02. The Morgan fingerprint density at radius 1 is 1.33 bits per heavy atom.